The molecule has 0 unspecified atom stereocenters. The zero-order valence-electron chi connectivity index (χ0n) is 14.8. The molecule has 1 N–H and O–H groups in total. The summed E-state index contributed by atoms with van der Waals surface area (Å²) in [6.07, 6.45) is 2.78. The van der Waals surface area contributed by atoms with Crippen LogP contribution in [0.2, 0.25) is 5.02 Å². The predicted molar refractivity (Wildman–Crippen MR) is 97.0 cm³/mol. The minimum absolute atomic E-state index is 0.103. The molecule has 0 aromatic heterocycles. The van der Waals surface area contributed by atoms with Gasteiger partial charge in [-0.3, -0.25) is 9.59 Å². The summed E-state index contributed by atoms with van der Waals surface area (Å²) in [4.78, 5) is 36.5. The highest BCUT2D eigenvalue weighted by Crippen LogP contribution is 2.10. The maximum absolute atomic E-state index is 11.9. The molecule has 7 heteroatoms. The van der Waals surface area contributed by atoms with E-state index in [0.29, 0.717) is 5.02 Å². The van der Waals surface area contributed by atoms with Crippen LogP contribution in [0.5, 0.6) is 0 Å². The SMILES string of the molecule is CN(CC(=O)NC(C)(C)C)C(=O)COC(=O)/C=C/c1ccc(Cl)cc1. The van der Waals surface area contributed by atoms with Crippen molar-refractivity contribution in [3.05, 3.63) is 40.9 Å². The number of ether oxygens (including phenoxy) is 1. The van der Waals surface area contributed by atoms with Crippen LogP contribution in [0.25, 0.3) is 6.08 Å². The number of nitrogens with one attached hydrogen (secondary N) is 1. The average Bonchev–Trinajstić information content (AvgIpc) is 2.50. The van der Waals surface area contributed by atoms with Crippen LogP contribution in [0.1, 0.15) is 26.3 Å². The van der Waals surface area contributed by atoms with E-state index in [9.17, 15) is 14.4 Å². The second-order valence-corrected chi connectivity index (χ2v) is 6.98. The first kappa shape index (κ1) is 20.7. The summed E-state index contributed by atoms with van der Waals surface area (Å²) in [5.41, 5.74) is 0.406. The van der Waals surface area contributed by atoms with Crippen molar-refractivity contribution in [3.63, 3.8) is 0 Å². The van der Waals surface area contributed by atoms with Crippen molar-refractivity contribution >= 4 is 35.5 Å². The van der Waals surface area contributed by atoms with Crippen LogP contribution in [0.4, 0.5) is 0 Å². The molecule has 0 spiro atoms. The van der Waals surface area contributed by atoms with E-state index in [0.717, 1.165) is 5.56 Å². The first-order valence-corrected chi connectivity index (χ1v) is 8.10. The molecule has 0 aliphatic rings. The average molecular weight is 367 g/mol. The topological polar surface area (TPSA) is 75.7 Å². The number of benzene rings is 1. The molecule has 1 aromatic rings. The van der Waals surface area contributed by atoms with Crippen LogP contribution >= 0.6 is 11.6 Å². The van der Waals surface area contributed by atoms with Gasteiger partial charge in [-0.25, -0.2) is 4.79 Å². The second-order valence-electron chi connectivity index (χ2n) is 6.54. The van der Waals surface area contributed by atoms with Gasteiger partial charge in [-0.15, -0.1) is 0 Å². The zero-order chi connectivity index (χ0) is 19.0. The highest BCUT2D eigenvalue weighted by atomic mass is 35.5. The smallest absolute Gasteiger partial charge is 0.331 e. The molecule has 1 rings (SSSR count). The van der Waals surface area contributed by atoms with Crippen molar-refractivity contribution in [2.24, 2.45) is 0 Å². The molecular weight excluding hydrogens is 344 g/mol. The Bertz CT molecular complexity index is 648. The fourth-order valence-electron chi connectivity index (χ4n) is 1.79. The van der Waals surface area contributed by atoms with Gasteiger partial charge in [-0.2, -0.15) is 0 Å². The summed E-state index contributed by atoms with van der Waals surface area (Å²) in [5, 5.41) is 3.35. The number of esters is 1. The van der Waals surface area contributed by atoms with Crippen LogP contribution in [0.15, 0.2) is 30.3 Å². The second kappa shape index (κ2) is 9.22. The molecule has 136 valence electrons. The molecule has 0 saturated carbocycles. The van der Waals surface area contributed by atoms with Gasteiger partial charge >= 0.3 is 5.97 Å². The van der Waals surface area contributed by atoms with Crippen molar-refractivity contribution in [3.8, 4) is 0 Å². The Balaban J connectivity index is 2.40. The van der Waals surface area contributed by atoms with Gasteiger partial charge in [0.1, 0.15) is 0 Å². The van der Waals surface area contributed by atoms with Gasteiger partial charge in [0, 0.05) is 23.7 Å². The molecule has 0 saturated heterocycles. The van der Waals surface area contributed by atoms with Gasteiger partial charge in [0.05, 0.1) is 6.54 Å². The Morgan fingerprint density at radius 3 is 2.36 bits per heavy atom. The molecule has 0 fully saturated rings. The summed E-state index contributed by atoms with van der Waals surface area (Å²) >= 11 is 5.77. The Hall–Kier alpha value is -2.34. The molecule has 0 aliphatic carbocycles. The summed E-state index contributed by atoms with van der Waals surface area (Å²) < 4.78 is 4.88. The maximum Gasteiger partial charge on any atom is 0.331 e. The first-order chi connectivity index (χ1) is 11.6. The van der Waals surface area contributed by atoms with Crippen LogP contribution < -0.4 is 5.32 Å². The third kappa shape index (κ3) is 8.91. The Kier molecular flexibility index (Phi) is 7.64. The number of hydrogen-bond acceptors (Lipinski definition) is 4. The lowest BCUT2D eigenvalue weighted by Crippen LogP contribution is -2.46. The Labute approximate surface area is 152 Å². The van der Waals surface area contributed by atoms with E-state index in [4.69, 9.17) is 16.3 Å². The molecule has 0 aliphatic heterocycles. The number of amides is 2. The molecule has 25 heavy (non-hydrogen) atoms. The van der Waals surface area contributed by atoms with Gasteiger partial charge in [0.25, 0.3) is 5.91 Å². The lowest BCUT2D eigenvalue weighted by atomic mass is 10.1. The van der Waals surface area contributed by atoms with E-state index in [1.807, 2.05) is 20.8 Å². The molecule has 6 nitrogen and oxygen atoms in total. The molecule has 2 amide bonds. The van der Waals surface area contributed by atoms with Crippen molar-refractivity contribution in [2.75, 3.05) is 20.2 Å². The Morgan fingerprint density at radius 1 is 1.20 bits per heavy atom. The standard InChI is InChI=1S/C18H23ClN2O4/c1-18(2,3)20-15(22)11-21(4)16(23)12-25-17(24)10-7-13-5-8-14(19)9-6-13/h5-10H,11-12H2,1-4H3,(H,20,22)/b10-7+. The van der Waals surface area contributed by atoms with Crippen LogP contribution in [0.3, 0.4) is 0 Å². The normalized spacial score (nSPS) is 11.2. The number of halogens is 1. The number of likely N-dealkylation sites (N-methyl/N-ethyl adjacent to an activating group) is 1. The lowest BCUT2D eigenvalue weighted by Gasteiger charge is -2.23. The van der Waals surface area contributed by atoms with Gasteiger partial charge in [-0.05, 0) is 44.5 Å². The molecular formula is C18H23ClN2O4. The zero-order valence-corrected chi connectivity index (χ0v) is 15.6. The third-order valence-corrected chi connectivity index (χ3v) is 3.19. The summed E-state index contributed by atoms with van der Waals surface area (Å²) in [6, 6.07) is 6.90. The monoisotopic (exact) mass is 366 g/mol. The van der Waals surface area contributed by atoms with Crippen LogP contribution in [-0.4, -0.2) is 48.4 Å². The van der Waals surface area contributed by atoms with E-state index < -0.39 is 18.5 Å². The van der Waals surface area contributed by atoms with E-state index in [1.165, 1.54) is 18.0 Å². The van der Waals surface area contributed by atoms with Crippen LogP contribution in [0, 0.1) is 0 Å². The fourth-order valence-corrected chi connectivity index (χ4v) is 1.92. The summed E-state index contributed by atoms with van der Waals surface area (Å²) in [5.74, 6) is -1.38. The minimum atomic E-state index is -0.643. The highest BCUT2D eigenvalue weighted by Gasteiger charge is 2.18. The van der Waals surface area contributed by atoms with Crippen LogP contribution in [-0.2, 0) is 19.1 Å². The van der Waals surface area contributed by atoms with Crippen molar-refractivity contribution in [1.82, 2.24) is 10.2 Å². The highest BCUT2D eigenvalue weighted by molar-refractivity contribution is 6.30. The van der Waals surface area contributed by atoms with Crippen molar-refractivity contribution in [2.45, 2.75) is 26.3 Å². The molecule has 0 atom stereocenters. The van der Waals surface area contributed by atoms with E-state index in [-0.39, 0.29) is 18.0 Å². The van der Waals surface area contributed by atoms with Gasteiger partial charge in [0.2, 0.25) is 5.91 Å². The van der Waals surface area contributed by atoms with Crippen molar-refractivity contribution in [1.29, 1.82) is 0 Å². The first-order valence-electron chi connectivity index (χ1n) is 7.72. The van der Waals surface area contributed by atoms with Gasteiger partial charge < -0.3 is 15.0 Å². The molecule has 0 heterocycles. The summed E-state index contributed by atoms with van der Waals surface area (Å²) in [7, 11) is 1.47. The van der Waals surface area contributed by atoms with E-state index in [2.05, 4.69) is 5.32 Å². The van der Waals surface area contributed by atoms with Crippen molar-refractivity contribution < 1.29 is 19.1 Å². The molecule has 1 aromatic carbocycles. The minimum Gasteiger partial charge on any atom is -0.452 e. The largest absolute Gasteiger partial charge is 0.452 e. The Morgan fingerprint density at radius 2 is 1.80 bits per heavy atom. The van der Waals surface area contributed by atoms with E-state index >= 15 is 0 Å². The molecule has 0 bridgehead atoms. The number of hydrogen-bond donors (Lipinski definition) is 1. The fraction of sp³-hybridized carbons (Fsp3) is 0.389. The van der Waals surface area contributed by atoms with Gasteiger partial charge in [0.15, 0.2) is 6.61 Å². The number of rotatable bonds is 6. The quantitative estimate of drug-likeness (QED) is 0.619. The maximum atomic E-state index is 11.9. The number of carbonyl (C=O) groups excluding carboxylic acids is 3. The van der Waals surface area contributed by atoms with Gasteiger partial charge in [-0.1, -0.05) is 23.7 Å². The van der Waals surface area contributed by atoms with E-state index in [1.54, 1.807) is 30.3 Å². The third-order valence-electron chi connectivity index (χ3n) is 2.94. The predicted octanol–water partition coefficient (Wildman–Crippen LogP) is 2.27. The number of nitrogens with zero attached hydrogens (tertiary/aromatic N) is 1. The number of carbonyl (C=O) groups is 3. The summed E-state index contributed by atoms with van der Waals surface area (Å²) in [6.45, 7) is 5.02. The lowest BCUT2D eigenvalue weighted by molar-refractivity contribution is -0.148. The molecule has 0 radical (unpaired) electrons.